The largest absolute Gasteiger partial charge is 0.328 e. The summed E-state index contributed by atoms with van der Waals surface area (Å²) in [6.45, 7) is 7.33. The van der Waals surface area contributed by atoms with Crippen molar-refractivity contribution in [3.63, 3.8) is 0 Å². The molecule has 1 nitrogen and oxygen atoms in total. The molecule has 0 radical (unpaired) electrons. The van der Waals surface area contributed by atoms with Crippen LogP contribution >= 0.6 is 0 Å². The van der Waals surface area contributed by atoms with Crippen LogP contribution in [0.2, 0.25) is 0 Å². The Morgan fingerprint density at radius 3 is 2.26 bits per heavy atom. The van der Waals surface area contributed by atoms with Gasteiger partial charge >= 0.3 is 0 Å². The molecule has 0 heterocycles. The van der Waals surface area contributed by atoms with Gasteiger partial charge in [-0.05, 0) is 55.3 Å². The van der Waals surface area contributed by atoms with Crippen LogP contribution in [0.3, 0.4) is 0 Å². The van der Waals surface area contributed by atoms with Crippen LogP contribution in [0.25, 0.3) is 0 Å². The van der Waals surface area contributed by atoms with Gasteiger partial charge in [0.25, 0.3) is 0 Å². The van der Waals surface area contributed by atoms with E-state index in [0.29, 0.717) is 6.04 Å². The van der Waals surface area contributed by atoms with Crippen LogP contribution in [0, 0.1) is 29.6 Å². The fourth-order valence-corrected chi connectivity index (χ4v) is 4.65. The summed E-state index contributed by atoms with van der Waals surface area (Å²) in [6.07, 6.45) is 12.8. The van der Waals surface area contributed by atoms with Gasteiger partial charge in [-0.3, -0.25) is 0 Å². The molecule has 0 saturated heterocycles. The SMILES string of the molecule is CC(C)[C@H]1CCCC(CC(C)[C@@H]2CCC[C@@H](N)C2)C1. The third-order valence-corrected chi connectivity index (χ3v) is 6.03. The summed E-state index contributed by atoms with van der Waals surface area (Å²) in [4.78, 5) is 0. The highest BCUT2D eigenvalue weighted by Crippen LogP contribution is 2.40. The van der Waals surface area contributed by atoms with Crippen molar-refractivity contribution in [3.05, 3.63) is 0 Å². The molecule has 2 aliphatic rings. The molecule has 2 saturated carbocycles. The van der Waals surface area contributed by atoms with E-state index in [9.17, 15) is 0 Å². The molecule has 2 fully saturated rings. The predicted octanol–water partition coefficient (Wildman–Crippen LogP) is 4.99. The predicted molar refractivity (Wildman–Crippen MR) is 84.0 cm³/mol. The summed E-state index contributed by atoms with van der Waals surface area (Å²) in [5, 5.41) is 0. The number of rotatable bonds is 4. The average Bonchev–Trinajstić information content (AvgIpc) is 2.39. The van der Waals surface area contributed by atoms with Crippen molar-refractivity contribution in [1.82, 2.24) is 0 Å². The highest BCUT2D eigenvalue weighted by Gasteiger charge is 2.29. The molecule has 112 valence electrons. The smallest absolute Gasteiger partial charge is 0.00415 e. The minimum atomic E-state index is 0.496. The van der Waals surface area contributed by atoms with Crippen molar-refractivity contribution in [2.75, 3.05) is 0 Å². The van der Waals surface area contributed by atoms with Crippen LogP contribution in [-0.2, 0) is 0 Å². The van der Waals surface area contributed by atoms with Crippen LogP contribution in [0.4, 0.5) is 0 Å². The molecule has 0 aliphatic heterocycles. The van der Waals surface area contributed by atoms with E-state index in [0.717, 1.165) is 29.6 Å². The zero-order valence-electron chi connectivity index (χ0n) is 13.4. The normalized spacial score (nSPS) is 38.4. The Morgan fingerprint density at radius 2 is 1.58 bits per heavy atom. The van der Waals surface area contributed by atoms with E-state index in [1.165, 1.54) is 57.8 Å². The fourth-order valence-electron chi connectivity index (χ4n) is 4.65. The third-order valence-electron chi connectivity index (χ3n) is 6.03. The first-order chi connectivity index (χ1) is 9.06. The molecule has 0 amide bonds. The highest BCUT2D eigenvalue weighted by molar-refractivity contribution is 4.82. The molecule has 1 heteroatoms. The molecule has 0 aromatic heterocycles. The van der Waals surface area contributed by atoms with Gasteiger partial charge in [0.15, 0.2) is 0 Å². The van der Waals surface area contributed by atoms with Crippen molar-refractivity contribution in [1.29, 1.82) is 0 Å². The Morgan fingerprint density at radius 1 is 0.895 bits per heavy atom. The second kappa shape index (κ2) is 7.11. The van der Waals surface area contributed by atoms with Crippen LogP contribution in [-0.4, -0.2) is 6.04 Å². The topological polar surface area (TPSA) is 26.0 Å². The first kappa shape index (κ1) is 15.4. The lowest BCUT2D eigenvalue weighted by Gasteiger charge is -2.36. The molecule has 0 bridgehead atoms. The number of hydrogen-bond donors (Lipinski definition) is 1. The molecule has 2 N–H and O–H groups in total. The summed E-state index contributed by atoms with van der Waals surface area (Å²) >= 11 is 0. The van der Waals surface area contributed by atoms with Crippen LogP contribution < -0.4 is 5.73 Å². The summed E-state index contributed by atoms with van der Waals surface area (Å²) in [6, 6.07) is 0.496. The minimum absolute atomic E-state index is 0.496. The maximum atomic E-state index is 6.16. The van der Waals surface area contributed by atoms with Gasteiger partial charge in [-0.25, -0.2) is 0 Å². The van der Waals surface area contributed by atoms with Gasteiger partial charge in [-0.2, -0.15) is 0 Å². The lowest BCUT2D eigenvalue weighted by atomic mass is 9.70. The molecule has 0 aromatic carbocycles. The van der Waals surface area contributed by atoms with Gasteiger partial charge in [0, 0.05) is 6.04 Å². The number of nitrogens with two attached hydrogens (primary N) is 1. The zero-order valence-corrected chi connectivity index (χ0v) is 13.4. The van der Waals surface area contributed by atoms with E-state index in [4.69, 9.17) is 5.73 Å². The Kier molecular flexibility index (Phi) is 5.74. The molecule has 2 rings (SSSR count). The fraction of sp³-hybridized carbons (Fsp3) is 1.00. The van der Waals surface area contributed by atoms with E-state index in [2.05, 4.69) is 20.8 Å². The monoisotopic (exact) mass is 265 g/mol. The molecular weight excluding hydrogens is 230 g/mol. The molecule has 5 atom stereocenters. The highest BCUT2D eigenvalue weighted by atomic mass is 14.6. The molecule has 2 unspecified atom stereocenters. The minimum Gasteiger partial charge on any atom is -0.328 e. The summed E-state index contributed by atoms with van der Waals surface area (Å²) in [5.41, 5.74) is 6.16. The Hall–Kier alpha value is -0.0400. The van der Waals surface area contributed by atoms with Crippen molar-refractivity contribution < 1.29 is 0 Å². The maximum absolute atomic E-state index is 6.16. The van der Waals surface area contributed by atoms with Crippen molar-refractivity contribution in [3.8, 4) is 0 Å². The first-order valence-corrected chi connectivity index (χ1v) is 8.81. The van der Waals surface area contributed by atoms with Gasteiger partial charge in [0.1, 0.15) is 0 Å². The van der Waals surface area contributed by atoms with Gasteiger partial charge < -0.3 is 5.73 Å². The van der Waals surface area contributed by atoms with E-state index in [1.807, 2.05) is 0 Å². The second-order valence-electron chi connectivity index (χ2n) is 7.94. The molecular formula is C18H35N. The first-order valence-electron chi connectivity index (χ1n) is 8.81. The molecule has 2 aliphatic carbocycles. The lowest BCUT2D eigenvalue weighted by Crippen LogP contribution is -2.31. The molecule has 0 spiro atoms. The van der Waals surface area contributed by atoms with Crippen molar-refractivity contribution in [2.45, 2.75) is 84.6 Å². The summed E-state index contributed by atoms with van der Waals surface area (Å²) < 4.78 is 0. The average molecular weight is 265 g/mol. The Labute approximate surface area is 120 Å². The summed E-state index contributed by atoms with van der Waals surface area (Å²) in [7, 11) is 0. The van der Waals surface area contributed by atoms with Crippen molar-refractivity contribution in [2.24, 2.45) is 35.3 Å². The van der Waals surface area contributed by atoms with E-state index >= 15 is 0 Å². The van der Waals surface area contributed by atoms with E-state index in [1.54, 1.807) is 0 Å². The van der Waals surface area contributed by atoms with E-state index < -0.39 is 0 Å². The van der Waals surface area contributed by atoms with Crippen LogP contribution in [0.1, 0.15) is 78.6 Å². The van der Waals surface area contributed by atoms with Gasteiger partial charge in [0.2, 0.25) is 0 Å². The van der Waals surface area contributed by atoms with Gasteiger partial charge in [0.05, 0.1) is 0 Å². The molecule has 19 heavy (non-hydrogen) atoms. The lowest BCUT2D eigenvalue weighted by molar-refractivity contribution is 0.155. The zero-order chi connectivity index (χ0) is 13.8. The number of hydrogen-bond acceptors (Lipinski definition) is 1. The van der Waals surface area contributed by atoms with Crippen LogP contribution in [0.5, 0.6) is 0 Å². The Bertz CT molecular complexity index is 260. The van der Waals surface area contributed by atoms with Gasteiger partial charge in [-0.15, -0.1) is 0 Å². The molecule has 0 aromatic rings. The third kappa shape index (κ3) is 4.48. The quantitative estimate of drug-likeness (QED) is 0.761. The van der Waals surface area contributed by atoms with Crippen LogP contribution in [0.15, 0.2) is 0 Å². The Balaban J connectivity index is 1.79. The van der Waals surface area contributed by atoms with Crippen molar-refractivity contribution >= 4 is 0 Å². The standard InChI is InChI=1S/C18H35N/c1-13(2)16-7-4-6-15(11-16)10-14(3)17-8-5-9-18(19)12-17/h13-18H,4-12,19H2,1-3H3/t14?,15?,16-,17+,18+/m0/s1. The second-order valence-corrected chi connectivity index (χ2v) is 7.94. The summed E-state index contributed by atoms with van der Waals surface area (Å²) in [5.74, 6) is 4.72. The van der Waals surface area contributed by atoms with Gasteiger partial charge in [-0.1, -0.05) is 52.9 Å². The van der Waals surface area contributed by atoms with E-state index in [-0.39, 0.29) is 0 Å². The maximum Gasteiger partial charge on any atom is 0.00415 e.